The van der Waals surface area contributed by atoms with Gasteiger partial charge in [0.25, 0.3) is 0 Å². The molecule has 216 valence electrons. The predicted molar refractivity (Wildman–Crippen MR) is 173 cm³/mol. The molecule has 2 aromatic heterocycles. The molecule has 0 spiro atoms. The van der Waals surface area contributed by atoms with Gasteiger partial charge in [-0.05, 0) is 56.2 Å². The third kappa shape index (κ3) is 5.21. The lowest BCUT2D eigenvalue weighted by Crippen LogP contribution is -2.58. The van der Waals surface area contributed by atoms with Gasteiger partial charge in [0.1, 0.15) is 18.2 Å². The number of allylic oxidation sites excluding steroid dienone is 1. The Labute approximate surface area is 252 Å². The van der Waals surface area contributed by atoms with E-state index in [1.165, 1.54) is 6.08 Å². The molecule has 1 fully saturated rings. The highest BCUT2D eigenvalue weighted by Crippen LogP contribution is 2.38. The summed E-state index contributed by atoms with van der Waals surface area (Å²) in [4.78, 5) is 40.0. The number of rotatable bonds is 2. The highest BCUT2D eigenvalue weighted by atomic mass is 35.5. The SMILES string of the molecule is C=CC(=O)N1C[C@H](C)N(c2nc(=O)n3c4nc(c(Cl)cc24)-c2ccccc2OC/C=C/Cc2ccccc2-3)C[C@H]1C.P. The molecular weight excluding hydrogens is 569 g/mol. The van der Waals surface area contributed by atoms with Gasteiger partial charge in [0.05, 0.1) is 21.8 Å². The Bertz CT molecular complexity index is 1770. The van der Waals surface area contributed by atoms with Crippen LogP contribution in [0.25, 0.3) is 28.0 Å². The quantitative estimate of drug-likeness (QED) is 0.177. The highest BCUT2D eigenvalue weighted by molar-refractivity contribution is 6.92. The molecule has 1 unspecified atom stereocenters. The van der Waals surface area contributed by atoms with Gasteiger partial charge in [-0.15, -0.1) is 0 Å². The number of anilines is 1. The Morgan fingerprint density at radius 1 is 1.05 bits per heavy atom. The van der Waals surface area contributed by atoms with E-state index in [1.54, 1.807) is 9.47 Å². The summed E-state index contributed by atoms with van der Waals surface area (Å²) < 4.78 is 7.68. The highest BCUT2D eigenvalue weighted by Gasteiger charge is 2.34. The van der Waals surface area contributed by atoms with Crippen molar-refractivity contribution >= 4 is 44.3 Å². The van der Waals surface area contributed by atoms with E-state index in [4.69, 9.17) is 21.3 Å². The molecule has 10 heteroatoms. The summed E-state index contributed by atoms with van der Waals surface area (Å²) in [7, 11) is 0. The van der Waals surface area contributed by atoms with Gasteiger partial charge >= 0.3 is 5.69 Å². The topological polar surface area (TPSA) is 80.6 Å². The fourth-order valence-corrected chi connectivity index (χ4v) is 5.94. The first-order chi connectivity index (χ1) is 19.9. The number of halogens is 1. The van der Waals surface area contributed by atoms with Crippen molar-refractivity contribution < 1.29 is 9.53 Å². The molecule has 6 rings (SSSR count). The minimum absolute atomic E-state index is 0. The maximum absolute atomic E-state index is 14.0. The molecule has 3 atom stereocenters. The van der Waals surface area contributed by atoms with Crippen LogP contribution >= 0.6 is 21.5 Å². The van der Waals surface area contributed by atoms with Crippen LogP contribution in [-0.2, 0) is 11.2 Å². The molecule has 0 radical (unpaired) electrons. The van der Waals surface area contributed by atoms with Crippen molar-refractivity contribution in [2.24, 2.45) is 0 Å². The third-order valence-corrected chi connectivity index (χ3v) is 8.02. The molecule has 0 saturated carbocycles. The molecule has 1 amide bonds. The number of nitrogens with zero attached hydrogens (tertiary/aromatic N) is 5. The molecule has 4 aromatic rings. The number of fused-ring (bicyclic) bond motifs is 5. The number of carbonyl (C=O) groups excluding carboxylic acids is 1. The van der Waals surface area contributed by atoms with E-state index in [2.05, 4.69) is 16.5 Å². The first kappa shape index (κ1) is 29.5. The largest absolute Gasteiger partial charge is 0.489 e. The molecule has 8 nitrogen and oxygen atoms in total. The maximum Gasteiger partial charge on any atom is 0.355 e. The molecule has 0 aliphatic carbocycles. The van der Waals surface area contributed by atoms with Gasteiger partial charge in [-0.2, -0.15) is 14.9 Å². The molecule has 4 heterocycles. The number of amides is 1. The second kappa shape index (κ2) is 12.1. The second-order valence-corrected chi connectivity index (χ2v) is 10.8. The summed E-state index contributed by atoms with van der Waals surface area (Å²) in [5.74, 6) is 1.03. The van der Waals surface area contributed by atoms with Gasteiger partial charge < -0.3 is 14.5 Å². The molecule has 0 N–H and O–H groups in total. The summed E-state index contributed by atoms with van der Waals surface area (Å²) in [5, 5.41) is 1.07. The number of carbonyl (C=O) groups is 1. The van der Waals surface area contributed by atoms with Crippen LogP contribution < -0.4 is 15.3 Å². The van der Waals surface area contributed by atoms with E-state index in [0.717, 1.165) is 11.1 Å². The summed E-state index contributed by atoms with van der Waals surface area (Å²) in [5.41, 5.74) is 2.93. The zero-order chi connectivity index (χ0) is 28.7. The third-order valence-electron chi connectivity index (χ3n) is 7.73. The monoisotopic (exact) mass is 601 g/mol. The number of aromatic nitrogens is 3. The Morgan fingerprint density at radius 2 is 1.81 bits per heavy atom. The van der Waals surface area contributed by atoms with Crippen molar-refractivity contribution in [2.75, 3.05) is 24.6 Å². The average molecular weight is 602 g/mol. The minimum Gasteiger partial charge on any atom is -0.489 e. The van der Waals surface area contributed by atoms with Crippen LogP contribution in [0.1, 0.15) is 19.4 Å². The average Bonchev–Trinajstić information content (AvgIpc) is 2.98. The van der Waals surface area contributed by atoms with Crippen molar-refractivity contribution in [2.45, 2.75) is 32.4 Å². The van der Waals surface area contributed by atoms with Crippen molar-refractivity contribution in [3.8, 4) is 22.7 Å². The maximum atomic E-state index is 14.0. The minimum atomic E-state index is -0.437. The van der Waals surface area contributed by atoms with Crippen LogP contribution in [0, 0.1) is 0 Å². The lowest BCUT2D eigenvalue weighted by molar-refractivity contribution is -0.128. The first-order valence-electron chi connectivity index (χ1n) is 13.7. The van der Waals surface area contributed by atoms with E-state index in [9.17, 15) is 9.59 Å². The summed E-state index contributed by atoms with van der Waals surface area (Å²) >= 11 is 6.96. The van der Waals surface area contributed by atoms with E-state index < -0.39 is 5.69 Å². The lowest BCUT2D eigenvalue weighted by atomic mass is 10.1. The standard InChI is InChI=1S/C32H30ClN5O3.H3P/c1-4-28(39)36-18-21(3)37(19-20(36)2)30-24-17-25(33)29-23-13-6-8-15-27(23)41-16-10-9-12-22-11-5-7-14-26(22)38(31(24)34-29)32(40)35-30;/h4-11,13-15,17,20-21H,1,12,16,18-19H2,2-3H3;1H3/b10-9+;/t20-,21+;/m1./s1. The molecule has 2 bridgehead atoms. The number of hydrogen-bond acceptors (Lipinski definition) is 6. The second-order valence-electron chi connectivity index (χ2n) is 10.4. The Hall–Kier alpha value is -4.00. The van der Waals surface area contributed by atoms with Gasteiger partial charge in [0, 0.05) is 30.7 Å². The Morgan fingerprint density at radius 3 is 2.62 bits per heavy atom. The van der Waals surface area contributed by atoms with Crippen LogP contribution in [0.3, 0.4) is 0 Å². The molecule has 2 aliphatic rings. The molecule has 42 heavy (non-hydrogen) atoms. The van der Waals surface area contributed by atoms with Crippen molar-refractivity contribution in [3.63, 3.8) is 0 Å². The molecular formula is C32H33ClN5O3P. The number of hydrogen-bond donors (Lipinski definition) is 0. The summed E-state index contributed by atoms with van der Waals surface area (Å²) in [6, 6.07) is 17.0. The number of ether oxygens (including phenoxy) is 1. The van der Waals surface area contributed by atoms with Crippen LogP contribution in [0.15, 0.2) is 84.2 Å². The van der Waals surface area contributed by atoms with Gasteiger partial charge in [-0.25, -0.2) is 14.3 Å². The van der Waals surface area contributed by atoms with E-state index >= 15 is 0 Å². The molecule has 1 saturated heterocycles. The van der Waals surface area contributed by atoms with Crippen LogP contribution in [0.5, 0.6) is 5.75 Å². The van der Waals surface area contributed by atoms with Crippen molar-refractivity contribution in [3.05, 3.63) is 100 Å². The van der Waals surface area contributed by atoms with E-state index in [1.807, 2.05) is 80.6 Å². The Balaban J connectivity index is 0.00000353. The van der Waals surface area contributed by atoms with Crippen molar-refractivity contribution in [1.29, 1.82) is 0 Å². The summed E-state index contributed by atoms with van der Waals surface area (Å²) in [6.45, 7) is 8.99. The van der Waals surface area contributed by atoms with Gasteiger partial charge in [-0.1, -0.05) is 60.7 Å². The van der Waals surface area contributed by atoms with Gasteiger partial charge in [0.2, 0.25) is 5.91 Å². The number of para-hydroxylation sites is 2. The zero-order valence-electron chi connectivity index (χ0n) is 23.7. The summed E-state index contributed by atoms with van der Waals surface area (Å²) in [6.07, 6.45) is 5.94. The number of piperazine rings is 1. The lowest BCUT2D eigenvalue weighted by Gasteiger charge is -2.44. The van der Waals surface area contributed by atoms with Crippen LogP contribution in [-0.4, -0.2) is 57.1 Å². The fourth-order valence-electron chi connectivity index (χ4n) is 5.68. The van der Waals surface area contributed by atoms with E-state index in [0.29, 0.717) is 65.1 Å². The molecule has 2 aromatic carbocycles. The first-order valence-corrected chi connectivity index (χ1v) is 14.0. The van der Waals surface area contributed by atoms with Gasteiger partial charge in [-0.3, -0.25) is 4.79 Å². The molecule has 2 aliphatic heterocycles. The number of pyridine rings is 1. The zero-order valence-corrected chi connectivity index (χ0v) is 25.8. The number of benzene rings is 2. The van der Waals surface area contributed by atoms with Crippen LogP contribution in [0.2, 0.25) is 5.02 Å². The van der Waals surface area contributed by atoms with Gasteiger partial charge in [0.15, 0.2) is 5.65 Å². The fraction of sp³-hybridized carbons (Fsp3) is 0.250. The van der Waals surface area contributed by atoms with E-state index in [-0.39, 0.29) is 27.9 Å². The smallest absolute Gasteiger partial charge is 0.355 e. The predicted octanol–water partition coefficient (Wildman–Crippen LogP) is 5.26. The Kier molecular flexibility index (Phi) is 8.48. The van der Waals surface area contributed by atoms with Crippen LogP contribution in [0.4, 0.5) is 5.82 Å². The van der Waals surface area contributed by atoms with Crippen molar-refractivity contribution in [1.82, 2.24) is 19.4 Å². The normalized spacial score (nSPS) is 18.8.